The first kappa shape index (κ1) is 19.8. The molecule has 2 aliphatic rings. The monoisotopic (exact) mass is 412 g/mol. The van der Waals surface area contributed by atoms with Crippen LogP contribution in [0.5, 0.6) is 0 Å². The van der Waals surface area contributed by atoms with Crippen LogP contribution in [0.3, 0.4) is 0 Å². The molecule has 0 spiro atoms. The molecule has 1 aliphatic carbocycles. The van der Waals surface area contributed by atoms with Crippen molar-refractivity contribution in [2.75, 3.05) is 13.1 Å². The number of likely N-dealkylation sites (tertiary alicyclic amines) is 1. The van der Waals surface area contributed by atoms with Gasteiger partial charge in [0.2, 0.25) is 5.91 Å². The summed E-state index contributed by atoms with van der Waals surface area (Å²) < 4.78 is 0. The Kier molecular flexibility index (Phi) is 5.46. The third kappa shape index (κ3) is 4.20. The Morgan fingerprint density at radius 2 is 1.61 bits per heavy atom. The zero-order valence-corrected chi connectivity index (χ0v) is 17.7. The molecule has 158 valence electrons. The molecule has 4 nitrogen and oxygen atoms in total. The Hall–Kier alpha value is -3.14. The largest absolute Gasteiger partial charge is 0.338 e. The molecule has 4 heteroatoms. The van der Waals surface area contributed by atoms with Gasteiger partial charge in [0.1, 0.15) is 0 Å². The molecule has 1 aliphatic heterocycles. The number of rotatable bonds is 5. The molecule has 1 atom stereocenters. The van der Waals surface area contributed by atoms with E-state index in [0.717, 1.165) is 42.0 Å². The summed E-state index contributed by atoms with van der Waals surface area (Å²) in [5.74, 6) is 0.133. The summed E-state index contributed by atoms with van der Waals surface area (Å²) in [6.07, 6.45) is 3.90. The van der Waals surface area contributed by atoms with E-state index in [-0.39, 0.29) is 17.7 Å². The van der Waals surface area contributed by atoms with E-state index in [1.54, 1.807) is 0 Å². The Balaban J connectivity index is 1.33. The van der Waals surface area contributed by atoms with E-state index in [1.807, 2.05) is 65.6 Å². The number of fused-ring (bicyclic) bond motifs is 1. The fourth-order valence-corrected chi connectivity index (χ4v) is 4.73. The molecule has 3 aromatic rings. The van der Waals surface area contributed by atoms with Crippen LogP contribution in [0, 0.1) is 5.92 Å². The molecular formula is C27H28N2O2. The van der Waals surface area contributed by atoms with Crippen molar-refractivity contribution in [3.8, 4) is 0 Å². The summed E-state index contributed by atoms with van der Waals surface area (Å²) in [6, 6.07) is 24.5. The summed E-state index contributed by atoms with van der Waals surface area (Å²) in [5.41, 5.74) is 1.90. The summed E-state index contributed by atoms with van der Waals surface area (Å²) in [6.45, 7) is 1.89. The Morgan fingerprint density at radius 3 is 2.42 bits per heavy atom. The number of amides is 2. The van der Waals surface area contributed by atoms with Crippen LogP contribution in [0.15, 0.2) is 72.8 Å². The second-order valence-corrected chi connectivity index (χ2v) is 8.80. The average molecular weight is 413 g/mol. The van der Waals surface area contributed by atoms with Gasteiger partial charge in [-0.2, -0.15) is 0 Å². The highest BCUT2D eigenvalue weighted by molar-refractivity contribution is 6.07. The lowest BCUT2D eigenvalue weighted by Crippen LogP contribution is -2.47. The van der Waals surface area contributed by atoms with E-state index in [1.165, 1.54) is 5.56 Å². The van der Waals surface area contributed by atoms with Gasteiger partial charge in [0.25, 0.3) is 5.91 Å². The lowest BCUT2D eigenvalue weighted by Gasteiger charge is -2.35. The van der Waals surface area contributed by atoms with Crippen molar-refractivity contribution in [2.24, 2.45) is 5.92 Å². The third-order valence-electron chi connectivity index (χ3n) is 6.54. The number of carbonyl (C=O) groups excluding carboxylic acids is 2. The first-order chi connectivity index (χ1) is 15.2. The van der Waals surface area contributed by atoms with Crippen molar-refractivity contribution < 1.29 is 9.59 Å². The zero-order chi connectivity index (χ0) is 21.2. The predicted molar refractivity (Wildman–Crippen MR) is 123 cm³/mol. The topological polar surface area (TPSA) is 40.6 Å². The lowest BCUT2D eigenvalue weighted by molar-refractivity contribution is -0.138. The number of hydrogen-bond acceptors (Lipinski definition) is 2. The van der Waals surface area contributed by atoms with E-state index in [0.29, 0.717) is 25.7 Å². The Labute approximate surface area is 183 Å². The van der Waals surface area contributed by atoms with Crippen LogP contribution in [0.2, 0.25) is 0 Å². The van der Waals surface area contributed by atoms with E-state index in [4.69, 9.17) is 0 Å². The van der Waals surface area contributed by atoms with Gasteiger partial charge in [-0.15, -0.1) is 0 Å². The smallest absolute Gasteiger partial charge is 0.254 e. The average Bonchev–Trinajstić information content (AvgIpc) is 3.67. The second kappa shape index (κ2) is 8.54. The highest BCUT2D eigenvalue weighted by Gasteiger charge is 2.38. The van der Waals surface area contributed by atoms with Crippen molar-refractivity contribution in [1.29, 1.82) is 0 Å². The van der Waals surface area contributed by atoms with Gasteiger partial charge in [-0.1, -0.05) is 66.7 Å². The van der Waals surface area contributed by atoms with Gasteiger partial charge in [-0.05, 0) is 48.1 Å². The molecule has 0 bridgehead atoms. The SMILES string of the molecule is O=C(c1cccc2ccccc12)N1CCCC(C(=O)N(Cc2ccccc2)C2CC2)C1. The maximum Gasteiger partial charge on any atom is 0.254 e. The molecular weight excluding hydrogens is 384 g/mol. The maximum atomic E-state index is 13.5. The van der Waals surface area contributed by atoms with Crippen molar-refractivity contribution in [3.05, 3.63) is 83.9 Å². The van der Waals surface area contributed by atoms with Crippen LogP contribution in [-0.2, 0) is 11.3 Å². The van der Waals surface area contributed by atoms with Gasteiger partial charge in [0, 0.05) is 31.2 Å². The quantitative estimate of drug-likeness (QED) is 0.599. The minimum atomic E-state index is -0.114. The van der Waals surface area contributed by atoms with Gasteiger partial charge in [0.15, 0.2) is 0 Å². The highest BCUT2D eigenvalue weighted by atomic mass is 16.2. The lowest BCUT2D eigenvalue weighted by atomic mass is 9.94. The van der Waals surface area contributed by atoms with Crippen LogP contribution >= 0.6 is 0 Å². The molecule has 0 aromatic heterocycles. The molecule has 31 heavy (non-hydrogen) atoms. The number of carbonyl (C=O) groups is 2. The van der Waals surface area contributed by atoms with E-state index >= 15 is 0 Å². The first-order valence-electron chi connectivity index (χ1n) is 11.3. The van der Waals surface area contributed by atoms with Crippen LogP contribution in [0.25, 0.3) is 10.8 Å². The van der Waals surface area contributed by atoms with E-state index < -0.39 is 0 Å². The van der Waals surface area contributed by atoms with Gasteiger partial charge in [-0.3, -0.25) is 9.59 Å². The number of nitrogens with zero attached hydrogens (tertiary/aromatic N) is 2. The summed E-state index contributed by atoms with van der Waals surface area (Å²) in [5, 5.41) is 2.05. The molecule has 1 unspecified atom stereocenters. The van der Waals surface area contributed by atoms with Gasteiger partial charge in [0.05, 0.1) is 5.92 Å². The van der Waals surface area contributed by atoms with Crippen LogP contribution in [-0.4, -0.2) is 40.7 Å². The van der Waals surface area contributed by atoms with E-state index in [2.05, 4.69) is 17.0 Å². The number of hydrogen-bond donors (Lipinski definition) is 0. The highest BCUT2D eigenvalue weighted by Crippen LogP contribution is 2.32. The molecule has 1 saturated heterocycles. The maximum absolute atomic E-state index is 13.5. The molecule has 0 radical (unpaired) electrons. The summed E-state index contributed by atoms with van der Waals surface area (Å²) in [4.78, 5) is 30.8. The van der Waals surface area contributed by atoms with E-state index in [9.17, 15) is 9.59 Å². The third-order valence-corrected chi connectivity index (χ3v) is 6.54. The molecule has 1 heterocycles. The summed E-state index contributed by atoms with van der Waals surface area (Å²) in [7, 11) is 0. The van der Waals surface area contributed by atoms with Crippen molar-refractivity contribution in [2.45, 2.75) is 38.3 Å². The van der Waals surface area contributed by atoms with Gasteiger partial charge in [-0.25, -0.2) is 0 Å². The zero-order valence-electron chi connectivity index (χ0n) is 17.7. The molecule has 0 N–H and O–H groups in total. The fourth-order valence-electron chi connectivity index (χ4n) is 4.73. The van der Waals surface area contributed by atoms with Crippen molar-refractivity contribution >= 4 is 22.6 Å². The molecule has 3 aromatic carbocycles. The molecule has 2 amide bonds. The van der Waals surface area contributed by atoms with Crippen molar-refractivity contribution in [3.63, 3.8) is 0 Å². The van der Waals surface area contributed by atoms with Gasteiger partial charge < -0.3 is 9.80 Å². The number of benzene rings is 3. The predicted octanol–water partition coefficient (Wildman–Crippen LogP) is 4.88. The standard InChI is InChI=1S/C27H28N2O2/c30-26(29(23-15-16-23)18-20-8-2-1-3-9-20)22-12-7-17-28(19-22)27(31)25-14-6-11-21-10-4-5-13-24(21)25/h1-6,8-11,13-14,22-23H,7,12,15-19H2. The Morgan fingerprint density at radius 1 is 0.871 bits per heavy atom. The van der Waals surface area contributed by atoms with Crippen LogP contribution in [0.1, 0.15) is 41.6 Å². The minimum Gasteiger partial charge on any atom is -0.338 e. The fraction of sp³-hybridized carbons (Fsp3) is 0.333. The molecule has 5 rings (SSSR count). The normalized spacial score (nSPS) is 18.7. The second-order valence-electron chi connectivity index (χ2n) is 8.80. The van der Waals surface area contributed by atoms with Crippen LogP contribution < -0.4 is 0 Å². The minimum absolute atomic E-state index is 0.0373. The van der Waals surface area contributed by atoms with Crippen LogP contribution in [0.4, 0.5) is 0 Å². The molecule has 2 fully saturated rings. The van der Waals surface area contributed by atoms with Crippen molar-refractivity contribution in [1.82, 2.24) is 9.80 Å². The molecule has 1 saturated carbocycles. The van der Waals surface area contributed by atoms with Gasteiger partial charge >= 0.3 is 0 Å². The first-order valence-corrected chi connectivity index (χ1v) is 11.3. The number of piperidine rings is 1. The summed E-state index contributed by atoms with van der Waals surface area (Å²) >= 11 is 0. The Bertz CT molecular complexity index is 1090.